The van der Waals surface area contributed by atoms with Gasteiger partial charge in [0, 0.05) is 23.5 Å². The van der Waals surface area contributed by atoms with E-state index in [2.05, 4.69) is 25.9 Å². The van der Waals surface area contributed by atoms with Crippen molar-refractivity contribution in [1.82, 2.24) is 9.97 Å². The molecule has 0 bridgehead atoms. The van der Waals surface area contributed by atoms with E-state index >= 15 is 0 Å². The Morgan fingerprint density at radius 1 is 1.33 bits per heavy atom. The first-order valence-electron chi connectivity index (χ1n) is 4.74. The summed E-state index contributed by atoms with van der Waals surface area (Å²) in [7, 11) is 0. The maximum Gasteiger partial charge on any atom is 0.339 e. The molecule has 1 heterocycles. The van der Waals surface area contributed by atoms with Crippen LogP contribution in [0.5, 0.6) is 11.8 Å². The summed E-state index contributed by atoms with van der Waals surface area (Å²) in [4.78, 5) is 18.8. The van der Waals surface area contributed by atoms with Gasteiger partial charge in [0.1, 0.15) is 11.3 Å². The number of carboxylic acid groups (broad SMARTS) is 1. The highest BCUT2D eigenvalue weighted by Gasteiger charge is 2.13. The van der Waals surface area contributed by atoms with Crippen LogP contribution >= 0.6 is 27.5 Å². The topological polar surface area (TPSA) is 72.3 Å². The number of nitrogens with zero attached hydrogens (tertiary/aromatic N) is 2. The van der Waals surface area contributed by atoms with E-state index < -0.39 is 5.97 Å². The molecule has 92 valence electrons. The van der Waals surface area contributed by atoms with Gasteiger partial charge < -0.3 is 9.84 Å². The van der Waals surface area contributed by atoms with Crippen molar-refractivity contribution in [2.24, 2.45) is 0 Å². The third-order valence-corrected chi connectivity index (χ3v) is 2.62. The smallest absolute Gasteiger partial charge is 0.339 e. The minimum absolute atomic E-state index is 0.00841. The van der Waals surface area contributed by atoms with Crippen LogP contribution in [0.15, 0.2) is 35.1 Å². The van der Waals surface area contributed by atoms with E-state index in [0.717, 1.165) is 0 Å². The Morgan fingerprint density at radius 2 is 2.00 bits per heavy atom. The molecule has 0 aliphatic carbocycles. The molecule has 0 amide bonds. The number of carbonyl (C=O) groups is 1. The van der Waals surface area contributed by atoms with Crippen molar-refractivity contribution in [1.29, 1.82) is 0 Å². The standard InChI is InChI=1S/C11H6BrClN2O3/c12-6-4-14-11(15-5-6)18-9-3-7(13)1-2-8(9)10(16)17/h1-5H,(H,16,17). The Morgan fingerprint density at radius 3 is 2.61 bits per heavy atom. The summed E-state index contributed by atoms with van der Waals surface area (Å²) in [6.45, 7) is 0. The molecule has 1 aromatic heterocycles. The van der Waals surface area contributed by atoms with Gasteiger partial charge in [-0.25, -0.2) is 14.8 Å². The fraction of sp³-hybridized carbons (Fsp3) is 0. The van der Waals surface area contributed by atoms with Gasteiger partial charge in [-0.15, -0.1) is 0 Å². The number of ether oxygens (including phenoxy) is 1. The van der Waals surface area contributed by atoms with E-state index in [0.29, 0.717) is 9.50 Å². The highest BCUT2D eigenvalue weighted by molar-refractivity contribution is 9.10. The maximum atomic E-state index is 11.0. The summed E-state index contributed by atoms with van der Waals surface area (Å²) in [6.07, 6.45) is 2.99. The molecule has 2 rings (SSSR count). The third kappa shape index (κ3) is 2.96. The van der Waals surface area contributed by atoms with E-state index in [1.807, 2.05) is 0 Å². The first-order chi connectivity index (χ1) is 8.56. The average Bonchev–Trinajstić information content (AvgIpc) is 2.32. The van der Waals surface area contributed by atoms with Gasteiger partial charge >= 0.3 is 12.0 Å². The number of benzene rings is 1. The predicted molar refractivity (Wildman–Crippen MR) is 68.2 cm³/mol. The van der Waals surface area contributed by atoms with E-state index in [1.54, 1.807) is 0 Å². The molecule has 0 aliphatic rings. The fourth-order valence-electron chi connectivity index (χ4n) is 1.21. The molecule has 5 nitrogen and oxygen atoms in total. The Labute approximate surface area is 116 Å². The van der Waals surface area contributed by atoms with Crippen LogP contribution in [0.1, 0.15) is 10.4 Å². The molecular formula is C11H6BrClN2O3. The monoisotopic (exact) mass is 328 g/mol. The quantitative estimate of drug-likeness (QED) is 0.934. The van der Waals surface area contributed by atoms with Gasteiger partial charge in [0.15, 0.2) is 0 Å². The zero-order valence-corrected chi connectivity index (χ0v) is 11.1. The van der Waals surface area contributed by atoms with E-state index in [-0.39, 0.29) is 17.3 Å². The zero-order valence-electron chi connectivity index (χ0n) is 8.80. The highest BCUT2D eigenvalue weighted by atomic mass is 79.9. The lowest BCUT2D eigenvalue weighted by molar-refractivity contribution is 0.0694. The Kier molecular flexibility index (Phi) is 3.78. The van der Waals surface area contributed by atoms with Crippen molar-refractivity contribution in [2.75, 3.05) is 0 Å². The number of aromatic nitrogens is 2. The molecule has 0 saturated carbocycles. The lowest BCUT2D eigenvalue weighted by atomic mass is 10.2. The molecular weight excluding hydrogens is 323 g/mol. The molecule has 0 radical (unpaired) electrons. The summed E-state index contributed by atoms with van der Waals surface area (Å²) in [5, 5.41) is 9.37. The lowest BCUT2D eigenvalue weighted by Gasteiger charge is -2.07. The normalized spacial score (nSPS) is 10.1. The zero-order chi connectivity index (χ0) is 13.1. The molecule has 7 heteroatoms. The molecule has 0 atom stereocenters. The van der Waals surface area contributed by atoms with Crippen LogP contribution in [0.25, 0.3) is 0 Å². The third-order valence-electron chi connectivity index (χ3n) is 1.97. The minimum atomic E-state index is -1.11. The van der Waals surface area contributed by atoms with Crippen LogP contribution in [0.3, 0.4) is 0 Å². The van der Waals surface area contributed by atoms with Gasteiger partial charge in [0.25, 0.3) is 0 Å². The number of rotatable bonds is 3. The van der Waals surface area contributed by atoms with Gasteiger partial charge in [0.05, 0.1) is 4.47 Å². The second kappa shape index (κ2) is 5.32. The number of carboxylic acids is 1. The first-order valence-corrected chi connectivity index (χ1v) is 5.91. The lowest BCUT2D eigenvalue weighted by Crippen LogP contribution is -2.01. The maximum absolute atomic E-state index is 11.0. The van der Waals surface area contributed by atoms with Crippen LogP contribution in [0.4, 0.5) is 0 Å². The Balaban J connectivity index is 2.35. The number of halogens is 2. The van der Waals surface area contributed by atoms with Gasteiger partial charge in [-0.3, -0.25) is 0 Å². The summed E-state index contributed by atoms with van der Waals surface area (Å²) in [5.41, 5.74) is -0.00841. The summed E-state index contributed by atoms with van der Waals surface area (Å²) in [5.74, 6) is -1.02. The Bertz CT molecular complexity index is 589. The predicted octanol–water partition coefficient (Wildman–Crippen LogP) is 3.38. The number of hydrogen-bond donors (Lipinski definition) is 1. The molecule has 1 N–H and O–H groups in total. The van der Waals surface area contributed by atoms with E-state index in [4.69, 9.17) is 21.4 Å². The van der Waals surface area contributed by atoms with Crippen LogP contribution in [0.2, 0.25) is 5.02 Å². The van der Waals surface area contributed by atoms with Crippen molar-refractivity contribution >= 4 is 33.5 Å². The summed E-state index contributed by atoms with van der Waals surface area (Å²) >= 11 is 8.98. The minimum Gasteiger partial charge on any atom is -0.478 e. The van der Waals surface area contributed by atoms with Crippen LogP contribution in [-0.2, 0) is 0 Å². The van der Waals surface area contributed by atoms with Crippen LogP contribution in [0, 0.1) is 0 Å². The van der Waals surface area contributed by atoms with Gasteiger partial charge in [-0.05, 0) is 28.1 Å². The van der Waals surface area contributed by atoms with Crippen molar-refractivity contribution in [3.63, 3.8) is 0 Å². The van der Waals surface area contributed by atoms with Crippen LogP contribution in [-0.4, -0.2) is 21.0 Å². The first kappa shape index (κ1) is 12.8. The second-order valence-electron chi connectivity index (χ2n) is 3.23. The number of aromatic carboxylic acids is 1. The average molecular weight is 330 g/mol. The molecule has 0 spiro atoms. The molecule has 1 aromatic carbocycles. The van der Waals surface area contributed by atoms with Gasteiger partial charge in [-0.2, -0.15) is 0 Å². The summed E-state index contributed by atoms with van der Waals surface area (Å²) in [6, 6.07) is 4.28. The van der Waals surface area contributed by atoms with Gasteiger partial charge in [0.2, 0.25) is 0 Å². The van der Waals surface area contributed by atoms with Gasteiger partial charge in [-0.1, -0.05) is 11.6 Å². The second-order valence-corrected chi connectivity index (χ2v) is 4.58. The van der Waals surface area contributed by atoms with Crippen molar-refractivity contribution < 1.29 is 14.6 Å². The summed E-state index contributed by atoms with van der Waals surface area (Å²) < 4.78 is 5.99. The highest BCUT2D eigenvalue weighted by Crippen LogP contribution is 2.26. The molecule has 2 aromatic rings. The van der Waals surface area contributed by atoms with E-state index in [9.17, 15) is 4.79 Å². The SMILES string of the molecule is O=C(O)c1ccc(Cl)cc1Oc1ncc(Br)cn1. The Hall–Kier alpha value is -1.66. The molecule has 0 fully saturated rings. The van der Waals surface area contributed by atoms with Crippen molar-refractivity contribution in [3.05, 3.63) is 45.7 Å². The van der Waals surface area contributed by atoms with Crippen molar-refractivity contribution in [2.45, 2.75) is 0 Å². The largest absolute Gasteiger partial charge is 0.478 e. The molecule has 18 heavy (non-hydrogen) atoms. The molecule has 0 saturated heterocycles. The molecule has 0 aliphatic heterocycles. The van der Waals surface area contributed by atoms with E-state index in [1.165, 1.54) is 30.6 Å². The fourth-order valence-corrected chi connectivity index (χ4v) is 1.58. The molecule has 0 unspecified atom stereocenters. The van der Waals surface area contributed by atoms with Crippen LogP contribution < -0.4 is 4.74 Å². The van der Waals surface area contributed by atoms with Crippen molar-refractivity contribution in [3.8, 4) is 11.8 Å². The number of hydrogen-bond acceptors (Lipinski definition) is 4.